The molecule has 0 radical (unpaired) electrons. The third-order valence-electron chi connectivity index (χ3n) is 5.91. The largest absolute Gasteiger partial charge is 0.487 e. The second-order valence-electron chi connectivity index (χ2n) is 8.93. The van der Waals surface area contributed by atoms with Crippen molar-refractivity contribution in [2.75, 3.05) is 35.7 Å². The van der Waals surface area contributed by atoms with Crippen molar-refractivity contribution in [1.82, 2.24) is 14.9 Å². The molecule has 2 aliphatic rings. The van der Waals surface area contributed by atoms with Crippen LogP contribution < -0.4 is 15.0 Å². The van der Waals surface area contributed by atoms with Crippen LogP contribution in [-0.4, -0.2) is 60.9 Å². The number of thiol groups is 1. The van der Waals surface area contributed by atoms with E-state index in [4.69, 9.17) is 20.0 Å². The molecule has 0 unspecified atom stereocenters. The number of benzene rings is 1. The quantitative estimate of drug-likeness (QED) is 0.567. The highest BCUT2D eigenvalue weighted by molar-refractivity contribution is 7.72. The van der Waals surface area contributed by atoms with Crippen molar-refractivity contribution in [1.29, 1.82) is 5.26 Å². The summed E-state index contributed by atoms with van der Waals surface area (Å²) in [5, 5.41) is 12.3. The number of fused-ring (bicyclic) bond motifs is 1. The molecule has 2 aromatic rings. The number of ether oxygens (including phenoxy) is 1. The molecule has 34 heavy (non-hydrogen) atoms. The minimum Gasteiger partial charge on any atom is -0.487 e. The molecular weight excluding hydrogens is 459 g/mol. The van der Waals surface area contributed by atoms with E-state index in [9.17, 15) is 12.8 Å². The molecule has 0 saturated carbocycles. The molecule has 0 amide bonds. The van der Waals surface area contributed by atoms with Gasteiger partial charge < -0.3 is 15.0 Å². The van der Waals surface area contributed by atoms with Crippen LogP contribution in [0, 0.1) is 17.1 Å². The smallest absolute Gasteiger partial charge is 0.172 e. The van der Waals surface area contributed by atoms with Crippen LogP contribution in [-0.2, 0) is 23.7 Å². The van der Waals surface area contributed by atoms with E-state index in [0.29, 0.717) is 45.4 Å². The van der Waals surface area contributed by atoms with E-state index in [1.54, 1.807) is 6.07 Å². The summed E-state index contributed by atoms with van der Waals surface area (Å²) in [7, 11) is -2.48. The number of rotatable bonds is 7. The van der Waals surface area contributed by atoms with E-state index in [2.05, 4.69) is 10.2 Å². The summed E-state index contributed by atoms with van der Waals surface area (Å²) in [6.07, 6.45) is 1.88. The van der Waals surface area contributed by atoms with Crippen molar-refractivity contribution in [3.63, 3.8) is 0 Å². The molecule has 3 heterocycles. The Kier molecular flexibility index (Phi) is 7.48. The Morgan fingerprint density at radius 2 is 2.00 bits per heavy atom. The maximum atomic E-state index is 14.2. The van der Waals surface area contributed by atoms with Crippen LogP contribution in [0.1, 0.15) is 43.6 Å². The molecule has 2 aliphatic heterocycles. The Morgan fingerprint density at radius 1 is 1.24 bits per heavy atom. The summed E-state index contributed by atoms with van der Waals surface area (Å²) >= 11 is 0. The highest BCUT2D eigenvalue weighted by atomic mass is 32.2. The van der Waals surface area contributed by atoms with Crippen LogP contribution in [0.2, 0.25) is 0 Å². The molecule has 0 atom stereocenters. The monoisotopic (exact) mass is 488 g/mol. The topological polar surface area (TPSA) is 111 Å². The van der Waals surface area contributed by atoms with Gasteiger partial charge in [-0.15, -0.1) is 0 Å². The predicted molar refractivity (Wildman–Crippen MR) is 127 cm³/mol. The van der Waals surface area contributed by atoms with Gasteiger partial charge >= 0.3 is 0 Å². The molecule has 1 saturated heterocycles. The number of aromatic nitrogens is 2. The molecule has 0 aliphatic carbocycles. The average Bonchev–Trinajstić information content (AvgIpc) is 2.80. The second-order valence-corrected chi connectivity index (χ2v) is 9.87. The minimum absolute atomic E-state index is 0.0203. The lowest BCUT2D eigenvalue weighted by molar-refractivity contribution is 0.163. The lowest BCUT2D eigenvalue weighted by Crippen LogP contribution is -2.40. The van der Waals surface area contributed by atoms with Crippen LogP contribution in [0.5, 0.6) is 5.75 Å². The molecule has 11 heteroatoms. The molecule has 1 aromatic carbocycles. The molecule has 1 fully saturated rings. The summed E-state index contributed by atoms with van der Waals surface area (Å²) in [4.78, 5) is 13.8. The zero-order valence-electron chi connectivity index (χ0n) is 19.3. The molecular formula is C23H29FN6O3S. The third-order valence-corrected chi connectivity index (χ3v) is 6.54. The molecule has 9 nitrogen and oxygen atoms in total. The summed E-state index contributed by atoms with van der Waals surface area (Å²) in [5.41, 5.74) is 1.97. The van der Waals surface area contributed by atoms with E-state index in [1.165, 1.54) is 12.1 Å². The Balaban J connectivity index is 1.48. The number of hydrogen-bond acceptors (Lipinski definition) is 9. The molecule has 0 bridgehead atoms. The van der Waals surface area contributed by atoms with Gasteiger partial charge in [-0.2, -0.15) is 5.26 Å². The lowest BCUT2D eigenvalue weighted by Gasteiger charge is -2.35. The second kappa shape index (κ2) is 10.5. The first kappa shape index (κ1) is 24.2. The predicted octanol–water partition coefficient (Wildman–Crippen LogP) is 2.28. The molecule has 182 valence electrons. The van der Waals surface area contributed by atoms with Gasteiger partial charge in [0, 0.05) is 51.5 Å². The van der Waals surface area contributed by atoms with Gasteiger partial charge in [0.1, 0.15) is 6.10 Å². The van der Waals surface area contributed by atoms with E-state index in [1.807, 2.05) is 24.8 Å². The number of nitriles is 1. The van der Waals surface area contributed by atoms with Crippen molar-refractivity contribution < 1.29 is 17.5 Å². The standard InChI is InChI=1S/C23H29FN6O3S/c1-15(2)26-22-23(28-20-13-29(14-34(31)32)8-7-19(20)27-22)30-9-5-17(6-10-30)33-21-4-3-16(12-25)11-18(21)24/h3-4,11,15,17,34H,5-10,13-14H2,1-2H3,(H,26,27). The zero-order valence-corrected chi connectivity index (χ0v) is 20.2. The number of anilines is 2. The first-order valence-electron chi connectivity index (χ1n) is 11.4. The highest BCUT2D eigenvalue weighted by Gasteiger charge is 2.28. The van der Waals surface area contributed by atoms with Crippen molar-refractivity contribution in [3.05, 3.63) is 41.0 Å². The van der Waals surface area contributed by atoms with Crippen LogP contribution in [0.4, 0.5) is 16.0 Å². The summed E-state index contributed by atoms with van der Waals surface area (Å²) in [6, 6.07) is 6.33. The fraction of sp³-hybridized carbons (Fsp3) is 0.522. The SMILES string of the molecule is CC(C)Nc1nc2c(nc1N1CCC(Oc3ccc(C#N)cc3F)CC1)CN(C[SH](=O)=O)CC2. The number of hydrogen-bond donors (Lipinski definition) is 2. The van der Waals surface area contributed by atoms with Crippen molar-refractivity contribution >= 4 is 22.3 Å². The first-order chi connectivity index (χ1) is 16.3. The summed E-state index contributed by atoms with van der Waals surface area (Å²) < 4.78 is 42.5. The summed E-state index contributed by atoms with van der Waals surface area (Å²) in [6.45, 7) is 6.52. The van der Waals surface area contributed by atoms with Gasteiger partial charge in [0.2, 0.25) is 0 Å². The first-order valence-corrected chi connectivity index (χ1v) is 12.8. The van der Waals surface area contributed by atoms with Gasteiger partial charge in [-0.1, -0.05) is 0 Å². The lowest BCUT2D eigenvalue weighted by atomic mass is 10.1. The Bertz CT molecular complexity index is 1150. The third kappa shape index (κ3) is 5.74. The highest BCUT2D eigenvalue weighted by Crippen LogP contribution is 2.30. The van der Waals surface area contributed by atoms with Gasteiger partial charge in [-0.3, -0.25) is 4.90 Å². The Morgan fingerprint density at radius 3 is 2.65 bits per heavy atom. The van der Waals surface area contributed by atoms with E-state index < -0.39 is 16.5 Å². The van der Waals surface area contributed by atoms with Crippen molar-refractivity contribution in [2.45, 2.75) is 51.8 Å². The maximum absolute atomic E-state index is 14.2. The van der Waals surface area contributed by atoms with Crippen LogP contribution in [0.3, 0.4) is 0 Å². The average molecular weight is 489 g/mol. The van der Waals surface area contributed by atoms with Crippen LogP contribution in [0.15, 0.2) is 18.2 Å². The Labute approximate surface area is 200 Å². The summed E-state index contributed by atoms with van der Waals surface area (Å²) in [5.74, 6) is 1.13. The fourth-order valence-corrected chi connectivity index (χ4v) is 4.85. The fourth-order valence-electron chi connectivity index (χ4n) is 4.28. The number of halogens is 1. The number of nitrogens with one attached hydrogen (secondary N) is 1. The van der Waals surface area contributed by atoms with Gasteiger partial charge in [-0.25, -0.2) is 22.8 Å². The Hall–Kier alpha value is -2.97. The van der Waals surface area contributed by atoms with E-state index >= 15 is 0 Å². The van der Waals surface area contributed by atoms with Crippen LogP contribution in [0.25, 0.3) is 0 Å². The number of piperidine rings is 1. The minimum atomic E-state index is -2.48. The van der Waals surface area contributed by atoms with Crippen LogP contribution >= 0.6 is 0 Å². The normalized spacial score (nSPS) is 17.0. The van der Waals surface area contributed by atoms with E-state index in [0.717, 1.165) is 23.0 Å². The van der Waals surface area contributed by atoms with Crippen molar-refractivity contribution in [3.8, 4) is 11.8 Å². The van der Waals surface area contributed by atoms with Crippen molar-refractivity contribution in [2.24, 2.45) is 0 Å². The maximum Gasteiger partial charge on any atom is 0.172 e. The molecule has 1 aromatic heterocycles. The van der Waals surface area contributed by atoms with Gasteiger partial charge in [0.05, 0.1) is 28.9 Å². The molecule has 0 spiro atoms. The zero-order chi connectivity index (χ0) is 24.2. The van der Waals surface area contributed by atoms with Gasteiger partial charge in [0.25, 0.3) is 0 Å². The molecule has 1 N–H and O–H groups in total. The van der Waals surface area contributed by atoms with Gasteiger partial charge in [-0.05, 0) is 32.0 Å². The molecule has 4 rings (SSSR count). The van der Waals surface area contributed by atoms with Gasteiger partial charge in [0.15, 0.2) is 33.9 Å². The van der Waals surface area contributed by atoms with E-state index in [-0.39, 0.29) is 29.3 Å². The number of nitrogens with zero attached hydrogens (tertiary/aromatic N) is 5.